The van der Waals surface area contributed by atoms with Crippen LogP contribution in [0.25, 0.3) is 5.69 Å². The van der Waals surface area contributed by atoms with Crippen molar-refractivity contribution >= 4 is 17.2 Å². The van der Waals surface area contributed by atoms with E-state index >= 15 is 0 Å². The zero-order chi connectivity index (χ0) is 13.0. The van der Waals surface area contributed by atoms with Gasteiger partial charge in [0.1, 0.15) is 4.99 Å². The van der Waals surface area contributed by atoms with Gasteiger partial charge in [-0.1, -0.05) is 29.5 Å². The molecular weight excluding hydrogens is 262 g/mol. The van der Waals surface area contributed by atoms with Crippen molar-refractivity contribution in [3.05, 3.63) is 46.2 Å². The molecule has 1 fully saturated rings. The van der Waals surface area contributed by atoms with E-state index in [1.165, 1.54) is 0 Å². The number of benzene rings is 1. The molecule has 2 aliphatic heterocycles. The molecule has 0 bridgehead atoms. The molecule has 0 amide bonds. The highest BCUT2D eigenvalue weighted by Crippen LogP contribution is 2.36. The molecule has 2 aromatic rings. The van der Waals surface area contributed by atoms with Crippen molar-refractivity contribution in [1.29, 1.82) is 0 Å². The molecule has 0 saturated carbocycles. The fraction of sp³-hybridized carbons (Fsp3) is 0.308. The molecule has 1 atom stereocenters. The van der Waals surface area contributed by atoms with Gasteiger partial charge < -0.3 is 4.90 Å². The zero-order valence-corrected chi connectivity index (χ0v) is 10.9. The van der Waals surface area contributed by atoms with Gasteiger partial charge in [-0.05, 0) is 25.0 Å². The minimum atomic E-state index is -0.445. The summed E-state index contributed by atoms with van der Waals surface area (Å²) in [7, 11) is 0. The summed E-state index contributed by atoms with van der Waals surface area (Å²) in [5.74, 6) is 0.216. The summed E-state index contributed by atoms with van der Waals surface area (Å²) < 4.78 is 6.41. The van der Waals surface area contributed by atoms with E-state index < -0.39 is 5.76 Å². The summed E-state index contributed by atoms with van der Waals surface area (Å²) in [5, 5.41) is 3.97. The minimum Gasteiger partial charge on any atom is -0.352 e. The van der Waals surface area contributed by atoms with Gasteiger partial charge in [-0.2, -0.15) is 0 Å². The third kappa shape index (κ3) is 1.37. The van der Waals surface area contributed by atoms with Gasteiger partial charge in [0, 0.05) is 12.1 Å². The van der Waals surface area contributed by atoms with Crippen LogP contribution in [0.3, 0.4) is 0 Å². The molecule has 0 N–H and O–H groups in total. The number of aromatic nitrogens is 2. The molecule has 5 nitrogen and oxygen atoms in total. The molecule has 6 heteroatoms. The van der Waals surface area contributed by atoms with Crippen LogP contribution in [0.5, 0.6) is 0 Å². The Morgan fingerprint density at radius 3 is 3.11 bits per heavy atom. The normalized spacial score (nSPS) is 20.7. The summed E-state index contributed by atoms with van der Waals surface area (Å²) in [4.78, 5) is 14.9. The zero-order valence-electron chi connectivity index (χ0n) is 10.1. The smallest absolute Gasteiger partial charge is 0.352 e. The first-order chi connectivity index (χ1) is 9.27. The van der Waals surface area contributed by atoms with Crippen LogP contribution in [0.2, 0.25) is 0 Å². The van der Waals surface area contributed by atoms with E-state index in [1.807, 2.05) is 24.3 Å². The Hall–Kier alpha value is -1.95. The molecule has 0 unspecified atom stereocenters. The second-order valence-electron chi connectivity index (χ2n) is 4.82. The molecule has 19 heavy (non-hydrogen) atoms. The standard InChI is InChI=1S/C13H11N3O2S/c17-13-16-9-5-2-1-4-8(9)12(19)15-7-3-6-10(15)11(16)14-18-13/h1-2,4-5,10H,3,6-7H2/t10-/m0/s1. The minimum absolute atomic E-state index is 0.0475. The van der Waals surface area contributed by atoms with E-state index in [4.69, 9.17) is 16.7 Å². The fourth-order valence-electron chi connectivity index (χ4n) is 2.98. The first-order valence-corrected chi connectivity index (χ1v) is 6.67. The average Bonchev–Trinajstić information content (AvgIpc) is 3.02. The van der Waals surface area contributed by atoms with Crippen molar-refractivity contribution in [2.75, 3.05) is 6.54 Å². The molecule has 1 saturated heterocycles. The molecular formula is C13H11N3O2S. The van der Waals surface area contributed by atoms with Gasteiger partial charge >= 0.3 is 5.76 Å². The van der Waals surface area contributed by atoms with E-state index in [1.54, 1.807) is 4.57 Å². The Kier molecular flexibility index (Phi) is 2.17. The van der Waals surface area contributed by atoms with Crippen LogP contribution in [0.15, 0.2) is 33.6 Å². The van der Waals surface area contributed by atoms with Crippen LogP contribution >= 0.6 is 12.2 Å². The maximum Gasteiger partial charge on any atom is 0.446 e. The maximum atomic E-state index is 11.9. The molecule has 96 valence electrons. The van der Waals surface area contributed by atoms with Crippen LogP contribution in [-0.4, -0.2) is 26.2 Å². The fourth-order valence-corrected chi connectivity index (χ4v) is 3.37. The third-order valence-corrected chi connectivity index (χ3v) is 4.27. The first-order valence-electron chi connectivity index (χ1n) is 6.26. The first kappa shape index (κ1) is 10.9. The Balaban J connectivity index is 2.09. The Bertz CT molecular complexity index is 733. The van der Waals surface area contributed by atoms with Crippen LogP contribution in [0.1, 0.15) is 30.3 Å². The van der Waals surface area contributed by atoms with Crippen LogP contribution in [0.4, 0.5) is 0 Å². The van der Waals surface area contributed by atoms with Crippen molar-refractivity contribution in [2.24, 2.45) is 0 Å². The number of fused-ring (bicyclic) bond motifs is 5. The number of hydrogen-bond donors (Lipinski definition) is 0. The van der Waals surface area contributed by atoms with Crippen molar-refractivity contribution in [2.45, 2.75) is 18.9 Å². The largest absolute Gasteiger partial charge is 0.446 e. The lowest BCUT2D eigenvalue weighted by Crippen LogP contribution is -2.28. The number of para-hydroxylation sites is 1. The SMILES string of the molecule is O=c1onc2n1-c1ccccc1C(=S)N1CCC[C@@H]21. The third-order valence-electron chi connectivity index (χ3n) is 3.82. The number of nitrogens with zero attached hydrogens (tertiary/aromatic N) is 3. The highest BCUT2D eigenvalue weighted by Gasteiger charge is 2.37. The number of hydrogen-bond acceptors (Lipinski definition) is 4. The Labute approximate surface area is 114 Å². The molecule has 4 rings (SSSR count). The quantitative estimate of drug-likeness (QED) is 0.683. The lowest BCUT2D eigenvalue weighted by Gasteiger charge is -2.23. The van der Waals surface area contributed by atoms with Crippen LogP contribution < -0.4 is 5.76 Å². The van der Waals surface area contributed by atoms with Gasteiger partial charge in [-0.15, -0.1) is 0 Å². The molecule has 0 aliphatic carbocycles. The predicted octanol–water partition coefficient (Wildman–Crippen LogP) is 1.65. The second kappa shape index (κ2) is 3.77. The maximum absolute atomic E-state index is 11.9. The van der Waals surface area contributed by atoms with Gasteiger partial charge in [-0.25, -0.2) is 9.36 Å². The van der Waals surface area contributed by atoms with Crippen LogP contribution in [-0.2, 0) is 0 Å². The van der Waals surface area contributed by atoms with E-state index in [-0.39, 0.29) is 6.04 Å². The summed E-state index contributed by atoms with van der Waals surface area (Å²) in [6, 6.07) is 7.69. The van der Waals surface area contributed by atoms with E-state index in [0.29, 0.717) is 5.82 Å². The Morgan fingerprint density at radius 1 is 1.37 bits per heavy atom. The molecule has 3 heterocycles. The average molecular weight is 273 g/mol. The van der Waals surface area contributed by atoms with Gasteiger partial charge in [0.05, 0.1) is 11.7 Å². The summed E-state index contributed by atoms with van der Waals surface area (Å²) in [5.41, 5.74) is 1.66. The topological polar surface area (TPSA) is 51.3 Å². The van der Waals surface area contributed by atoms with E-state index in [2.05, 4.69) is 10.1 Å². The molecule has 2 aliphatic rings. The number of rotatable bonds is 0. The monoisotopic (exact) mass is 273 g/mol. The molecule has 0 radical (unpaired) electrons. The Morgan fingerprint density at radius 2 is 2.21 bits per heavy atom. The molecule has 1 aromatic carbocycles. The van der Waals surface area contributed by atoms with Gasteiger partial charge in [0.15, 0.2) is 5.82 Å². The second-order valence-corrected chi connectivity index (χ2v) is 5.20. The van der Waals surface area contributed by atoms with Crippen LogP contribution in [0, 0.1) is 0 Å². The van der Waals surface area contributed by atoms with Gasteiger partial charge in [-0.3, -0.25) is 4.52 Å². The molecule has 1 aromatic heterocycles. The van der Waals surface area contributed by atoms with Crippen molar-refractivity contribution < 1.29 is 4.52 Å². The predicted molar refractivity (Wildman–Crippen MR) is 72.5 cm³/mol. The molecule has 0 spiro atoms. The number of thiocarbonyl (C=S) groups is 1. The van der Waals surface area contributed by atoms with Crippen molar-refractivity contribution in [3.8, 4) is 5.69 Å². The summed E-state index contributed by atoms with van der Waals surface area (Å²) in [6.07, 6.45) is 1.99. The summed E-state index contributed by atoms with van der Waals surface area (Å²) in [6.45, 7) is 0.902. The lowest BCUT2D eigenvalue weighted by atomic mass is 10.1. The highest BCUT2D eigenvalue weighted by atomic mass is 32.1. The van der Waals surface area contributed by atoms with Crippen molar-refractivity contribution in [1.82, 2.24) is 14.6 Å². The van der Waals surface area contributed by atoms with E-state index in [0.717, 1.165) is 35.6 Å². The van der Waals surface area contributed by atoms with E-state index in [9.17, 15) is 4.79 Å². The summed E-state index contributed by atoms with van der Waals surface area (Å²) >= 11 is 5.59. The highest BCUT2D eigenvalue weighted by molar-refractivity contribution is 7.80. The van der Waals surface area contributed by atoms with Gasteiger partial charge in [0.25, 0.3) is 0 Å². The van der Waals surface area contributed by atoms with Crippen molar-refractivity contribution in [3.63, 3.8) is 0 Å². The lowest BCUT2D eigenvalue weighted by molar-refractivity contribution is 0.347. The van der Waals surface area contributed by atoms with Gasteiger partial charge in [0.2, 0.25) is 0 Å².